The van der Waals surface area contributed by atoms with Crippen LogP contribution >= 0.6 is 11.6 Å². The van der Waals surface area contributed by atoms with Crippen molar-refractivity contribution in [3.63, 3.8) is 0 Å². The molecule has 8 heteroatoms. The van der Waals surface area contributed by atoms with E-state index in [2.05, 4.69) is 20.3 Å². The lowest BCUT2D eigenvalue weighted by molar-refractivity contribution is -0.385. The minimum Gasteiger partial charge on any atom is -0.359 e. The maximum Gasteiger partial charge on any atom is 0.332 e. The molecule has 0 spiro atoms. The number of nitrogens with zero attached hydrogens (tertiary/aromatic N) is 4. The Morgan fingerprint density at radius 2 is 2.15 bits per heavy atom. The molecule has 0 saturated heterocycles. The number of aryl methyl sites for hydroxylation is 2. The molecule has 0 atom stereocenters. The van der Waals surface area contributed by atoms with Gasteiger partial charge in [-0.2, -0.15) is 4.98 Å². The summed E-state index contributed by atoms with van der Waals surface area (Å²) in [5.74, 6) is 0.0950. The number of pyridine rings is 1. The summed E-state index contributed by atoms with van der Waals surface area (Å²) in [6, 6.07) is 3.74. The molecular formula is C12H12ClN5O2. The topological polar surface area (TPSA) is 93.8 Å². The Kier molecular flexibility index (Phi) is 4.09. The molecule has 2 rings (SSSR count). The molecule has 0 aliphatic rings. The Bertz CT molecular complexity index is 662. The van der Waals surface area contributed by atoms with Crippen LogP contribution in [0.25, 0.3) is 0 Å². The molecule has 2 aromatic rings. The van der Waals surface area contributed by atoms with Gasteiger partial charge in [-0.15, -0.1) is 0 Å². The zero-order valence-corrected chi connectivity index (χ0v) is 11.7. The van der Waals surface area contributed by atoms with E-state index in [4.69, 9.17) is 11.6 Å². The minimum absolute atomic E-state index is 0.0339. The van der Waals surface area contributed by atoms with Crippen LogP contribution in [0.4, 0.5) is 11.5 Å². The van der Waals surface area contributed by atoms with Crippen LogP contribution in [0.2, 0.25) is 5.28 Å². The number of hydrogen-bond acceptors (Lipinski definition) is 6. The molecule has 0 fully saturated rings. The predicted octanol–water partition coefficient (Wildman–Crippen LogP) is 2.66. The van der Waals surface area contributed by atoms with E-state index in [1.807, 2.05) is 19.1 Å². The molecule has 2 aromatic heterocycles. The van der Waals surface area contributed by atoms with Crippen molar-refractivity contribution in [2.45, 2.75) is 20.4 Å². The number of nitro groups is 1. The smallest absolute Gasteiger partial charge is 0.332 e. The van der Waals surface area contributed by atoms with Crippen LogP contribution < -0.4 is 5.32 Å². The summed E-state index contributed by atoms with van der Waals surface area (Å²) >= 11 is 5.74. The molecule has 0 bridgehead atoms. The van der Waals surface area contributed by atoms with Crippen molar-refractivity contribution in [3.8, 4) is 0 Å². The fourth-order valence-corrected chi connectivity index (χ4v) is 1.96. The van der Waals surface area contributed by atoms with Gasteiger partial charge in [-0.3, -0.25) is 15.1 Å². The van der Waals surface area contributed by atoms with Gasteiger partial charge in [-0.25, -0.2) is 4.98 Å². The first-order valence-corrected chi connectivity index (χ1v) is 6.19. The van der Waals surface area contributed by atoms with E-state index in [9.17, 15) is 10.1 Å². The minimum atomic E-state index is -0.528. The lowest BCUT2D eigenvalue weighted by Gasteiger charge is -2.08. The van der Waals surface area contributed by atoms with Crippen molar-refractivity contribution in [3.05, 3.63) is 50.7 Å². The summed E-state index contributed by atoms with van der Waals surface area (Å²) in [4.78, 5) is 22.4. The lowest BCUT2D eigenvalue weighted by Crippen LogP contribution is -2.09. The summed E-state index contributed by atoms with van der Waals surface area (Å²) in [7, 11) is 0. The van der Waals surface area contributed by atoms with Gasteiger partial charge < -0.3 is 5.32 Å². The highest BCUT2D eigenvalue weighted by Gasteiger charge is 2.21. The number of nitrogens with one attached hydrogen (secondary N) is 1. The van der Waals surface area contributed by atoms with Gasteiger partial charge in [-0.05, 0) is 37.1 Å². The number of rotatable bonds is 4. The first-order chi connectivity index (χ1) is 9.49. The maximum absolute atomic E-state index is 11.1. The number of halogens is 1. The highest BCUT2D eigenvalue weighted by atomic mass is 35.5. The zero-order chi connectivity index (χ0) is 14.7. The molecule has 2 heterocycles. The summed E-state index contributed by atoms with van der Waals surface area (Å²) in [5, 5.41) is 13.9. The average molecular weight is 294 g/mol. The van der Waals surface area contributed by atoms with Gasteiger partial charge in [-0.1, -0.05) is 6.07 Å². The van der Waals surface area contributed by atoms with Crippen molar-refractivity contribution >= 4 is 23.1 Å². The zero-order valence-electron chi connectivity index (χ0n) is 10.9. The van der Waals surface area contributed by atoms with Crippen LogP contribution in [0.1, 0.15) is 17.0 Å². The van der Waals surface area contributed by atoms with Gasteiger partial charge in [0.25, 0.3) is 0 Å². The first kappa shape index (κ1) is 14.1. The Labute approximate surface area is 120 Å². The lowest BCUT2D eigenvalue weighted by atomic mass is 10.2. The van der Waals surface area contributed by atoms with Crippen LogP contribution in [0.15, 0.2) is 18.3 Å². The van der Waals surface area contributed by atoms with Gasteiger partial charge in [0.15, 0.2) is 0 Å². The summed E-state index contributed by atoms with van der Waals surface area (Å²) in [6.45, 7) is 3.75. The maximum atomic E-state index is 11.1. The molecule has 0 aromatic carbocycles. The van der Waals surface area contributed by atoms with Crippen LogP contribution in [0, 0.1) is 24.0 Å². The fraction of sp³-hybridized carbons (Fsp3) is 0.250. The van der Waals surface area contributed by atoms with E-state index >= 15 is 0 Å². The van der Waals surface area contributed by atoms with Gasteiger partial charge in [0, 0.05) is 6.20 Å². The Hall–Kier alpha value is -2.28. The second-order valence-corrected chi connectivity index (χ2v) is 4.49. The summed E-state index contributed by atoms with van der Waals surface area (Å²) in [5.41, 5.74) is 1.81. The van der Waals surface area contributed by atoms with Crippen molar-refractivity contribution in [1.29, 1.82) is 0 Å². The van der Waals surface area contributed by atoms with E-state index in [-0.39, 0.29) is 22.5 Å². The van der Waals surface area contributed by atoms with Crippen molar-refractivity contribution in [2.24, 2.45) is 0 Å². The monoisotopic (exact) mass is 293 g/mol. The molecule has 20 heavy (non-hydrogen) atoms. The number of anilines is 1. The fourth-order valence-electron chi connectivity index (χ4n) is 1.75. The van der Waals surface area contributed by atoms with Crippen LogP contribution in [-0.2, 0) is 6.54 Å². The average Bonchev–Trinajstić information content (AvgIpc) is 2.36. The quantitative estimate of drug-likeness (QED) is 0.529. The van der Waals surface area contributed by atoms with Crippen LogP contribution in [0.3, 0.4) is 0 Å². The highest BCUT2D eigenvalue weighted by Crippen LogP contribution is 2.26. The third kappa shape index (κ3) is 3.00. The molecule has 0 aliphatic heterocycles. The Balaban J connectivity index is 2.30. The van der Waals surface area contributed by atoms with Crippen molar-refractivity contribution in [1.82, 2.24) is 15.0 Å². The van der Waals surface area contributed by atoms with Crippen LogP contribution in [0.5, 0.6) is 0 Å². The molecule has 0 aliphatic carbocycles. The van der Waals surface area contributed by atoms with E-state index < -0.39 is 4.92 Å². The van der Waals surface area contributed by atoms with Crippen LogP contribution in [-0.4, -0.2) is 19.9 Å². The van der Waals surface area contributed by atoms with E-state index in [1.54, 1.807) is 6.20 Å². The third-order valence-electron chi connectivity index (χ3n) is 2.75. The molecule has 0 saturated carbocycles. The molecule has 0 amide bonds. The summed E-state index contributed by atoms with van der Waals surface area (Å²) < 4.78 is 0. The molecule has 104 valence electrons. The van der Waals surface area contributed by atoms with Crippen molar-refractivity contribution in [2.75, 3.05) is 5.32 Å². The van der Waals surface area contributed by atoms with E-state index in [1.165, 1.54) is 6.92 Å². The largest absolute Gasteiger partial charge is 0.359 e. The number of aromatic nitrogens is 3. The molecular weight excluding hydrogens is 282 g/mol. The van der Waals surface area contributed by atoms with E-state index in [0.29, 0.717) is 6.54 Å². The Morgan fingerprint density at radius 3 is 2.80 bits per heavy atom. The molecule has 7 nitrogen and oxygen atoms in total. The van der Waals surface area contributed by atoms with E-state index in [0.717, 1.165) is 11.3 Å². The molecule has 0 unspecified atom stereocenters. The number of hydrogen-bond donors (Lipinski definition) is 1. The second kappa shape index (κ2) is 5.79. The van der Waals surface area contributed by atoms with Gasteiger partial charge in [0.1, 0.15) is 5.69 Å². The van der Waals surface area contributed by atoms with Crippen molar-refractivity contribution < 1.29 is 4.92 Å². The van der Waals surface area contributed by atoms with Gasteiger partial charge in [0.2, 0.25) is 11.1 Å². The SMILES string of the molecule is Cc1cccnc1CNc1nc(Cl)nc(C)c1[N+](=O)[O-]. The third-order valence-corrected chi connectivity index (χ3v) is 2.92. The summed E-state index contributed by atoms with van der Waals surface area (Å²) in [6.07, 6.45) is 1.66. The first-order valence-electron chi connectivity index (χ1n) is 5.82. The Morgan fingerprint density at radius 1 is 1.40 bits per heavy atom. The normalized spacial score (nSPS) is 10.3. The highest BCUT2D eigenvalue weighted by molar-refractivity contribution is 6.28. The van der Waals surface area contributed by atoms with Gasteiger partial charge >= 0.3 is 5.69 Å². The second-order valence-electron chi connectivity index (χ2n) is 4.15. The predicted molar refractivity (Wildman–Crippen MR) is 74.7 cm³/mol. The molecule has 0 radical (unpaired) electrons. The molecule has 1 N–H and O–H groups in total. The standard InChI is InChI=1S/C12H12ClN5O2/c1-7-4-3-5-14-9(7)6-15-11-10(18(19)20)8(2)16-12(13)17-11/h3-5H,6H2,1-2H3,(H,15,16,17). The van der Waals surface area contributed by atoms with Gasteiger partial charge in [0.05, 0.1) is 17.2 Å².